The summed E-state index contributed by atoms with van der Waals surface area (Å²) in [6.07, 6.45) is 1.44. The van der Waals surface area contributed by atoms with E-state index in [2.05, 4.69) is 31.4 Å². The zero-order valence-electron chi connectivity index (χ0n) is 23.2. The molecule has 0 radical (unpaired) electrons. The van der Waals surface area contributed by atoms with E-state index in [0.717, 1.165) is 4.47 Å². The maximum absolute atomic E-state index is 13.4. The summed E-state index contributed by atoms with van der Waals surface area (Å²) in [5.41, 5.74) is 5.36. The van der Waals surface area contributed by atoms with E-state index >= 15 is 0 Å². The van der Waals surface area contributed by atoms with Gasteiger partial charge < -0.3 is 19.2 Å². The zero-order chi connectivity index (χ0) is 31.4. The van der Waals surface area contributed by atoms with Crippen molar-refractivity contribution in [1.82, 2.24) is 10.4 Å². The molecule has 0 atom stereocenters. The number of benzene rings is 4. The Labute approximate surface area is 276 Å². The van der Waals surface area contributed by atoms with Crippen LogP contribution < -0.4 is 19.6 Å². The Hall–Kier alpha value is -4.02. The highest BCUT2D eigenvalue weighted by molar-refractivity contribution is 9.10. The lowest BCUT2D eigenvalue weighted by Crippen LogP contribution is -2.19. The number of hydrogen-bond donors (Lipinski definition) is 2. The molecule has 0 aliphatic heterocycles. The van der Waals surface area contributed by atoms with Gasteiger partial charge in [0.05, 0.1) is 30.5 Å². The standard InChI is InChI=1S/C32H23BrCl3N3O5/c1-3-43-27-12-17(8-10-26(27)44-32(41)21-15-19(34)9-11-25(21)42-2)16-37-39-31(40)30-28(20-6-4-5-7-23(20)35)22-13-18(33)14-24(36)29(22)38-30/h4-16,38H,3H2,1-2H3,(H,39,40). The monoisotopic (exact) mass is 713 g/mol. The molecule has 4 aromatic carbocycles. The number of ether oxygens (including phenoxy) is 3. The van der Waals surface area contributed by atoms with Crippen LogP contribution in [0.4, 0.5) is 0 Å². The van der Waals surface area contributed by atoms with Gasteiger partial charge in [-0.15, -0.1) is 0 Å². The fourth-order valence-electron chi connectivity index (χ4n) is 4.51. The van der Waals surface area contributed by atoms with Crippen molar-refractivity contribution in [3.8, 4) is 28.4 Å². The average molecular weight is 716 g/mol. The van der Waals surface area contributed by atoms with Gasteiger partial charge in [-0.3, -0.25) is 4.79 Å². The Morgan fingerprint density at radius 2 is 1.73 bits per heavy atom. The van der Waals surface area contributed by atoms with Gasteiger partial charge in [0, 0.05) is 31.0 Å². The largest absolute Gasteiger partial charge is 0.496 e. The number of aromatic amines is 1. The molecule has 44 heavy (non-hydrogen) atoms. The summed E-state index contributed by atoms with van der Waals surface area (Å²) in [6.45, 7) is 2.11. The molecule has 0 unspecified atom stereocenters. The van der Waals surface area contributed by atoms with Crippen LogP contribution >= 0.6 is 50.7 Å². The molecule has 0 spiro atoms. The number of carbonyl (C=O) groups excluding carboxylic acids is 2. The molecule has 0 fully saturated rings. The van der Waals surface area contributed by atoms with Crippen LogP contribution in [0.5, 0.6) is 17.2 Å². The summed E-state index contributed by atoms with van der Waals surface area (Å²) in [6, 6.07) is 20.3. The minimum absolute atomic E-state index is 0.164. The Balaban J connectivity index is 1.40. The molecule has 8 nitrogen and oxygen atoms in total. The molecule has 1 heterocycles. The highest BCUT2D eigenvalue weighted by Crippen LogP contribution is 2.40. The molecule has 5 aromatic rings. The normalized spacial score (nSPS) is 11.1. The predicted octanol–water partition coefficient (Wildman–Crippen LogP) is 8.95. The van der Waals surface area contributed by atoms with Crippen LogP contribution in [0.2, 0.25) is 15.1 Å². The number of fused-ring (bicyclic) bond motifs is 1. The molecule has 1 amide bonds. The summed E-state index contributed by atoms with van der Waals surface area (Å²) in [7, 11) is 1.45. The molecule has 5 rings (SSSR count). The quantitative estimate of drug-likeness (QED) is 0.0687. The second-order valence-corrected chi connectivity index (χ2v) is 11.4. The van der Waals surface area contributed by atoms with E-state index in [4.69, 9.17) is 49.0 Å². The first-order valence-corrected chi connectivity index (χ1v) is 15.0. The van der Waals surface area contributed by atoms with Gasteiger partial charge in [-0.1, -0.05) is 68.9 Å². The van der Waals surface area contributed by atoms with Crippen molar-refractivity contribution < 1.29 is 23.8 Å². The molecule has 2 N–H and O–H groups in total. The van der Waals surface area contributed by atoms with E-state index in [0.29, 0.717) is 60.8 Å². The van der Waals surface area contributed by atoms with Crippen molar-refractivity contribution in [3.05, 3.63) is 109 Å². The van der Waals surface area contributed by atoms with Crippen LogP contribution in [-0.4, -0.2) is 36.8 Å². The molecule has 0 bridgehead atoms. The molecule has 0 saturated carbocycles. The van der Waals surface area contributed by atoms with Crippen molar-refractivity contribution in [2.75, 3.05) is 13.7 Å². The number of hydrazone groups is 1. The number of halogens is 4. The zero-order valence-corrected chi connectivity index (χ0v) is 27.1. The van der Waals surface area contributed by atoms with Crippen molar-refractivity contribution in [2.45, 2.75) is 6.92 Å². The first-order valence-electron chi connectivity index (χ1n) is 13.1. The first kappa shape index (κ1) is 31.4. The van der Waals surface area contributed by atoms with Crippen LogP contribution in [0.1, 0.15) is 33.3 Å². The lowest BCUT2D eigenvalue weighted by atomic mass is 10.0. The second kappa shape index (κ2) is 13.7. The summed E-state index contributed by atoms with van der Waals surface area (Å²) < 4.78 is 17.3. The second-order valence-electron chi connectivity index (χ2n) is 9.24. The number of nitrogens with zero attached hydrogens (tertiary/aromatic N) is 1. The fourth-order valence-corrected chi connectivity index (χ4v) is 5.77. The molecule has 1 aromatic heterocycles. The van der Waals surface area contributed by atoms with E-state index in [1.165, 1.54) is 19.4 Å². The molecule has 224 valence electrons. The molecule has 12 heteroatoms. The molecule has 0 aliphatic rings. The Bertz CT molecular complexity index is 1930. The Kier molecular flexibility index (Phi) is 9.80. The van der Waals surface area contributed by atoms with Gasteiger partial charge in [-0.05, 0) is 67.1 Å². The van der Waals surface area contributed by atoms with Crippen LogP contribution in [-0.2, 0) is 0 Å². The van der Waals surface area contributed by atoms with Gasteiger partial charge in [-0.2, -0.15) is 5.10 Å². The van der Waals surface area contributed by atoms with Gasteiger partial charge >= 0.3 is 5.97 Å². The highest BCUT2D eigenvalue weighted by atomic mass is 79.9. The molecular formula is C32H23BrCl3N3O5. The van der Waals surface area contributed by atoms with E-state index in [-0.39, 0.29) is 17.0 Å². The smallest absolute Gasteiger partial charge is 0.347 e. The number of hydrogen-bond acceptors (Lipinski definition) is 6. The number of carbonyl (C=O) groups is 2. The van der Waals surface area contributed by atoms with Gasteiger partial charge in [0.2, 0.25) is 0 Å². The van der Waals surface area contributed by atoms with E-state index < -0.39 is 11.9 Å². The molecular weight excluding hydrogens is 693 g/mol. The van der Waals surface area contributed by atoms with E-state index in [1.807, 2.05) is 24.3 Å². The number of esters is 1. The summed E-state index contributed by atoms with van der Waals surface area (Å²) in [5.74, 6) is -0.372. The first-order chi connectivity index (χ1) is 21.2. The average Bonchev–Trinajstić information content (AvgIpc) is 3.38. The third kappa shape index (κ3) is 6.71. The number of rotatable bonds is 9. The summed E-state index contributed by atoms with van der Waals surface area (Å²) in [4.78, 5) is 29.4. The number of methoxy groups -OCH3 is 1. The van der Waals surface area contributed by atoms with Gasteiger partial charge in [-0.25, -0.2) is 10.2 Å². The predicted molar refractivity (Wildman–Crippen MR) is 177 cm³/mol. The topological polar surface area (TPSA) is 102 Å². The van der Waals surface area contributed by atoms with Crippen molar-refractivity contribution in [1.29, 1.82) is 0 Å². The Morgan fingerprint density at radius 3 is 2.48 bits per heavy atom. The van der Waals surface area contributed by atoms with Gasteiger partial charge in [0.1, 0.15) is 17.0 Å². The van der Waals surface area contributed by atoms with Crippen LogP contribution in [0.15, 0.2) is 82.4 Å². The van der Waals surface area contributed by atoms with E-state index in [1.54, 1.807) is 49.4 Å². The van der Waals surface area contributed by atoms with Crippen LogP contribution in [0.3, 0.4) is 0 Å². The lowest BCUT2D eigenvalue weighted by molar-refractivity contribution is 0.0724. The summed E-state index contributed by atoms with van der Waals surface area (Å²) in [5, 5.41) is 6.12. The van der Waals surface area contributed by atoms with Gasteiger partial charge in [0.15, 0.2) is 11.5 Å². The number of amides is 1. The van der Waals surface area contributed by atoms with Gasteiger partial charge in [0.25, 0.3) is 5.91 Å². The maximum Gasteiger partial charge on any atom is 0.347 e. The third-order valence-corrected chi connectivity index (χ3v) is 7.75. The van der Waals surface area contributed by atoms with Crippen molar-refractivity contribution in [3.63, 3.8) is 0 Å². The van der Waals surface area contributed by atoms with Crippen LogP contribution in [0, 0.1) is 0 Å². The number of nitrogens with one attached hydrogen (secondary N) is 2. The fraction of sp³-hybridized carbons (Fsp3) is 0.0938. The number of H-pyrrole nitrogens is 1. The summed E-state index contributed by atoms with van der Waals surface area (Å²) >= 11 is 22.6. The van der Waals surface area contributed by atoms with Crippen molar-refractivity contribution in [2.24, 2.45) is 5.10 Å². The maximum atomic E-state index is 13.4. The highest BCUT2D eigenvalue weighted by Gasteiger charge is 2.23. The molecule has 0 saturated heterocycles. The third-order valence-electron chi connectivity index (χ3n) is 6.43. The van der Waals surface area contributed by atoms with Crippen LogP contribution in [0.25, 0.3) is 22.0 Å². The Morgan fingerprint density at radius 1 is 0.955 bits per heavy atom. The molecule has 0 aliphatic carbocycles. The SMILES string of the molecule is CCOc1cc(C=NNC(=O)c2[nH]c3c(Cl)cc(Br)cc3c2-c2ccccc2Cl)ccc1OC(=O)c1cc(Cl)ccc1OC. The lowest BCUT2D eigenvalue weighted by Gasteiger charge is -2.13. The van der Waals surface area contributed by atoms with Crippen molar-refractivity contribution >= 4 is 79.7 Å². The van der Waals surface area contributed by atoms with E-state index in [9.17, 15) is 9.59 Å². The minimum atomic E-state index is -0.668. The minimum Gasteiger partial charge on any atom is -0.496 e. The number of aromatic nitrogens is 1.